The standard InChI is InChI=1S/C62H40N2O/c1-3-14-42(15-4-1)49-22-11-16-44-17-12-23-50(61(44)49)43-30-35-48(36-31-43)63(47-33-28-41(29-34-47)45-32-39-60-55(40-45)52-20-8-10-27-59(52)65-60)56-26-13-24-53-51(56)37-38-58-62(53)54-21-7-9-25-57(54)64(58)46-18-5-2-6-19-46/h1-40H. The number of furan rings is 1. The second kappa shape index (κ2) is 15.0. The van der Waals surface area contributed by atoms with Crippen LogP contribution in [0.5, 0.6) is 0 Å². The van der Waals surface area contributed by atoms with E-state index in [-0.39, 0.29) is 0 Å². The number of benzene rings is 11. The van der Waals surface area contributed by atoms with Gasteiger partial charge in [-0.25, -0.2) is 0 Å². The summed E-state index contributed by atoms with van der Waals surface area (Å²) in [4.78, 5) is 2.42. The van der Waals surface area contributed by atoms with Gasteiger partial charge in [0.15, 0.2) is 0 Å². The summed E-state index contributed by atoms with van der Waals surface area (Å²) in [7, 11) is 0. The van der Waals surface area contributed by atoms with E-state index < -0.39 is 0 Å². The SMILES string of the molecule is c1ccc(-c2cccc3cccc(-c4ccc(N(c5ccc(-c6ccc7oc8ccccc8c7c6)cc5)c5cccc6c5ccc5c6c6ccccc6n5-c5ccccc5)cc4)c23)cc1. The molecule has 0 amide bonds. The van der Waals surface area contributed by atoms with Crippen molar-refractivity contribution >= 4 is 82.4 Å². The van der Waals surface area contributed by atoms with Crippen molar-refractivity contribution in [3.8, 4) is 39.1 Å². The van der Waals surface area contributed by atoms with Gasteiger partial charge in [0.25, 0.3) is 0 Å². The Labute approximate surface area is 376 Å². The topological polar surface area (TPSA) is 21.3 Å². The fourth-order valence-electron chi connectivity index (χ4n) is 10.2. The second-order valence-corrected chi connectivity index (χ2v) is 16.8. The van der Waals surface area contributed by atoms with Crippen molar-refractivity contribution in [2.24, 2.45) is 0 Å². The van der Waals surface area contributed by atoms with Gasteiger partial charge in [-0.1, -0.05) is 170 Å². The lowest BCUT2D eigenvalue weighted by atomic mass is 9.91. The number of hydrogen-bond acceptors (Lipinski definition) is 2. The molecule has 3 heteroatoms. The quantitative estimate of drug-likeness (QED) is 0.160. The third kappa shape index (κ3) is 6.05. The first-order chi connectivity index (χ1) is 32.2. The molecule has 0 atom stereocenters. The van der Waals surface area contributed by atoms with Crippen LogP contribution in [0.4, 0.5) is 17.1 Å². The van der Waals surface area contributed by atoms with Crippen LogP contribution in [0.15, 0.2) is 247 Å². The Kier molecular flexibility index (Phi) is 8.53. The summed E-state index contributed by atoms with van der Waals surface area (Å²) < 4.78 is 8.57. The molecule has 0 N–H and O–H groups in total. The lowest BCUT2D eigenvalue weighted by Crippen LogP contribution is -2.10. The number of para-hydroxylation sites is 3. The molecule has 65 heavy (non-hydrogen) atoms. The maximum absolute atomic E-state index is 6.18. The van der Waals surface area contributed by atoms with Crippen molar-refractivity contribution in [2.75, 3.05) is 4.90 Å². The van der Waals surface area contributed by atoms with E-state index in [4.69, 9.17) is 4.42 Å². The number of anilines is 3. The van der Waals surface area contributed by atoms with Crippen LogP contribution in [-0.4, -0.2) is 4.57 Å². The maximum Gasteiger partial charge on any atom is 0.135 e. The molecule has 0 aliphatic rings. The van der Waals surface area contributed by atoms with Crippen LogP contribution < -0.4 is 4.90 Å². The first-order valence-electron chi connectivity index (χ1n) is 22.2. The zero-order chi connectivity index (χ0) is 42.8. The van der Waals surface area contributed by atoms with Crippen LogP contribution in [0.1, 0.15) is 0 Å². The number of hydrogen-bond donors (Lipinski definition) is 0. The molecule has 13 aromatic rings. The van der Waals surface area contributed by atoms with E-state index in [2.05, 4.69) is 240 Å². The largest absolute Gasteiger partial charge is 0.456 e. The van der Waals surface area contributed by atoms with Crippen LogP contribution in [0, 0.1) is 0 Å². The molecule has 0 aliphatic carbocycles. The third-order valence-corrected chi connectivity index (χ3v) is 13.2. The predicted octanol–water partition coefficient (Wildman–Crippen LogP) is 17.5. The second-order valence-electron chi connectivity index (χ2n) is 16.8. The highest BCUT2D eigenvalue weighted by molar-refractivity contribution is 6.23. The average Bonchev–Trinajstić information content (AvgIpc) is 3.93. The summed E-state index contributed by atoms with van der Waals surface area (Å²) in [5, 5.41) is 9.63. The van der Waals surface area contributed by atoms with Gasteiger partial charge in [-0.2, -0.15) is 0 Å². The van der Waals surface area contributed by atoms with Crippen LogP contribution in [0.25, 0.3) is 104 Å². The molecule has 13 rings (SSSR count). The van der Waals surface area contributed by atoms with Crippen molar-refractivity contribution in [2.45, 2.75) is 0 Å². The van der Waals surface area contributed by atoms with Gasteiger partial charge in [0.1, 0.15) is 11.2 Å². The fraction of sp³-hybridized carbons (Fsp3) is 0. The van der Waals surface area contributed by atoms with Crippen LogP contribution >= 0.6 is 0 Å². The van der Waals surface area contributed by atoms with E-state index >= 15 is 0 Å². The number of fused-ring (bicyclic) bond motifs is 9. The molecule has 2 heterocycles. The molecular formula is C62H40N2O. The predicted molar refractivity (Wildman–Crippen MR) is 274 cm³/mol. The van der Waals surface area contributed by atoms with Gasteiger partial charge in [0.2, 0.25) is 0 Å². The zero-order valence-electron chi connectivity index (χ0n) is 35.4. The molecule has 11 aromatic carbocycles. The number of aromatic nitrogens is 1. The summed E-state index contributed by atoms with van der Waals surface area (Å²) in [6.07, 6.45) is 0. The lowest BCUT2D eigenvalue weighted by molar-refractivity contribution is 0.669. The van der Waals surface area contributed by atoms with Crippen molar-refractivity contribution < 1.29 is 4.42 Å². The number of nitrogens with zero attached hydrogens (tertiary/aromatic N) is 2. The van der Waals surface area contributed by atoms with Crippen molar-refractivity contribution in [3.05, 3.63) is 243 Å². The highest BCUT2D eigenvalue weighted by Crippen LogP contribution is 2.45. The average molecular weight is 829 g/mol. The summed E-state index contributed by atoms with van der Waals surface area (Å²) in [6.45, 7) is 0. The van der Waals surface area contributed by atoms with E-state index in [0.717, 1.165) is 55.8 Å². The van der Waals surface area contributed by atoms with Crippen molar-refractivity contribution in [1.82, 2.24) is 4.57 Å². The first-order valence-corrected chi connectivity index (χ1v) is 22.2. The zero-order valence-corrected chi connectivity index (χ0v) is 35.4. The fourth-order valence-corrected chi connectivity index (χ4v) is 10.2. The molecule has 0 saturated heterocycles. The molecule has 0 spiro atoms. The minimum Gasteiger partial charge on any atom is -0.456 e. The Morgan fingerprint density at radius 1 is 0.323 bits per heavy atom. The van der Waals surface area contributed by atoms with Gasteiger partial charge in [-0.05, 0) is 122 Å². The molecule has 0 unspecified atom stereocenters. The van der Waals surface area contributed by atoms with E-state index in [9.17, 15) is 0 Å². The Hall–Kier alpha value is -8.66. The van der Waals surface area contributed by atoms with Gasteiger partial charge in [-0.3, -0.25) is 0 Å². The van der Waals surface area contributed by atoms with Gasteiger partial charge < -0.3 is 13.9 Å². The molecule has 0 bridgehead atoms. The molecule has 304 valence electrons. The van der Waals surface area contributed by atoms with Gasteiger partial charge >= 0.3 is 0 Å². The van der Waals surface area contributed by atoms with E-state index in [1.54, 1.807) is 0 Å². The van der Waals surface area contributed by atoms with Crippen molar-refractivity contribution in [3.63, 3.8) is 0 Å². The molecule has 0 radical (unpaired) electrons. The summed E-state index contributed by atoms with van der Waals surface area (Å²) in [6, 6.07) is 87.8. The third-order valence-electron chi connectivity index (χ3n) is 13.2. The first kappa shape index (κ1) is 36.9. The summed E-state index contributed by atoms with van der Waals surface area (Å²) in [5.74, 6) is 0. The molecule has 2 aromatic heterocycles. The van der Waals surface area contributed by atoms with Gasteiger partial charge in [0, 0.05) is 44.0 Å². The number of rotatable bonds is 7. The molecular weight excluding hydrogens is 789 g/mol. The summed E-state index contributed by atoms with van der Waals surface area (Å²) in [5.41, 5.74) is 15.8. The van der Waals surface area contributed by atoms with E-state index in [1.165, 1.54) is 65.6 Å². The van der Waals surface area contributed by atoms with Crippen LogP contribution in [0.3, 0.4) is 0 Å². The molecule has 3 nitrogen and oxygen atoms in total. The normalized spacial score (nSPS) is 11.7. The molecule has 0 aliphatic heterocycles. The van der Waals surface area contributed by atoms with Gasteiger partial charge in [0.05, 0.1) is 16.7 Å². The van der Waals surface area contributed by atoms with Crippen LogP contribution in [-0.2, 0) is 0 Å². The van der Waals surface area contributed by atoms with Crippen LogP contribution in [0.2, 0.25) is 0 Å². The Bertz CT molecular complexity index is 3910. The highest BCUT2D eigenvalue weighted by atomic mass is 16.3. The van der Waals surface area contributed by atoms with Gasteiger partial charge in [-0.15, -0.1) is 0 Å². The minimum absolute atomic E-state index is 0.901. The Morgan fingerprint density at radius 2 is 0.908 bits per heavy atom. The lowest BCUT2D eigenvalue weighted by Gasteiger charge is -2.27. The summed E-state index contributed by atoms with van der Waals surface area (Å²) >= 11 is 0. The van der Waals surface area contributed by atoms with Crippen molar-refractivity contribution in [1.29, 1.82) is 0 Å². The Morgan fingerprint density at radius 3 is 1.66 bits per heavy atom. The molecule has 0 saturated carbocycles. The smallest absolute Gasteiger partial charge is 0.135 e. The maximum atomic E-state index is 6.18. The van der Waals surface area contributed by atoms with E-state index in [0.29, 0.717) is 0 Å². The Balaban J connectivity index is 0.983. The highest BCUT2D eigenvalue weighted by Gasteiger charge is 2.21. The monoisotopic (exact) mass is 828 g/mol. The minimum atomic E-state index is 0.901. The van der Waals surface area contributed by atoms with E-state index in [1.807, 2.05) is 12.1 Å². The molecule has 0 fully saturated rings.